The maximum absolute atomic E-state index is 14.2. The fourth-order valence-electron chi connectivity index (χ4n) is 4.94. The van der Waals surface area contributed by atoms with Gasteiger partial charge in [0.25, 0.3) is 0 Å². The molecule has 1 atom stereocenters. The maximum Gasteiger partial charge on any atom is 0.214 e. The van der Waals surface area contributed by atoms with Crippen LogP contribution in [0.5, 0.6) is 0 Å². The average molecular weight is 501 g/mol. The van der Waals surface area contributed by atoms with E-state index in [0.717, 1.165) is 54.0 Å². The largest absolute Gasteiger partial charge is 0.492 e. The summed E-state index contributed by atoms with van der Waals surface area (Å²) in [6.07, 6.45) is 9.46. The van der Waals surface area contributed by atoms with Crippen molar-refractivity contribution in [1.29, 1.82) is 0 Å². The first-order valence-electron chi connectivity index (χ1n) is 12.2. The van der Waals surface area contributed by atoms with Crippen molar-refractivity contribution >= 4 is 28.4 Å². The van der Waals surface area contributed by atoms with Gasteiger partial charge in [-0.3, -0.25) is 4.98 Å². The van der Waals surface area contributed by atoms with Gasteiger partial charge in [0.15, 0.2) is 17.5 Å². The zero-order valence-electron chi connectivity index (χ0n) is 19.7. The quantitative estimate of drug-likeness (QED) is 0.393. The van der Waals surface area contributed by atoms with E-state index in [1.807, 2.05) is 12.4 Å². The number of nitrogens with zero attached hydrogens (tertiary/aromatic N) is 6. The van der Waals surface area contributed by atoms with Crippen LogP contribution in [-0.2, 0) is 4.74 Å². The number of morpholine rings is 1. The Kier molecular flexibility index (Phi) is 5.08. The molecule has 37 heavy (non-hydrogen) atoms. The molecule has 2 N–H and O–H groups in total. The average Bonchev–Trinajstić information content (AvgIpc) is 3.65. The molecular weight excluding hydrogens is 478 g/mol. The molecule has 3 aliphatic rings. The number of hydrogen-bond acceptors (Lipinski definition) is 9. The first kappa shape index (κ1) is 21.8. The monoisotopic (exact) mass is 500 g/mol. The van der Waals surface area contributed by atoms with Gasteiger partial charge in [-0.25, -0.2) is 19.3 Å². The van der Waals surface area contributed by atoms with Gasteiger partial charge in [-0.2, -0.15) is 9.37 Å². The number of anilines is 3. The van der Waals surface area contributed by atoms with Gasteiger partial charge in [0.05, 0.1) is 18.3 Å². The SMILES string of the molecule is Fc1ccc(F)c(Nc2cc(-c3nc(N4CCOC5=CNCC54)c4c(C5CC5)cncc4n3)ccn2)n1. The highest BCUT2D eigenvalue weighted by Crippen LogP contribution is 2.45. The van der Waals surface area contributed by atoms with E-state index in [9.17, 15) is 8.78 Å². The molecule has 1 saturated heterocycles. The molecule has 2 fully saturated rings. The van der Waals surface area contributed by atoms with Gasteiger partial charge in [0.2, 0.25) is 5.95 Å². The topological polar surface area (TPSA) is 101 Å². The fourth-order valence-corrected chi connectivity index (χ4v) is 4.94. The molecule has 0 bridgehead atoms. The van der Waals surface area contributed by atoms with Crippen molar-refractivity contribution in [2.45, 2.75) is 24.8 Å². The predicted octanol–water partition coefficient (Wildman–Crippen LogP) is 4.03. The smallest absolute Gasteiger partial charge is 0.214 e. The summed E-state index contributed by atoms with van der Waals surface area (Å²) in [5.74, 6) is 1.27. The van der Waals surface area contributed by atoms with Crippen molar-refractivity contribution in [3.63, 3.8) is 0 Å². The molecule has 11 heteroatoms. The summed E-state index contributed by atoms with van der Waals surface area (Å²) in [6.45, 7) is 1.98. The molecule has 1 aliphatic carbocycles. The molecular formula is C26H22F2N8O. The zero-order chi connectivity index (χ0) is 24.9. The minimum atomic E-state index is -0.790. The molecule has 0 spiro atoms. The highest BCUT2D eigenvalue weighted by Gasteiger charge is 2.35. The number of pyridine rings is 3. The Hall–Kier alpha value is -4.41. The maximum atomic E-state index is 14.2. The van der Waals surface area contributed by atoms with Gasteiger partial charge in [0, 0.05) is 36.1 Å². The van der Waals surface area contributed by atoms with Crippen LogP contribution >= 0.6 is 0 Å². The zero-order valence-corrected chi connectivity index (χ0v) is 19.7. The second-order valence-electron chi connectivity index (χ2n) is 9.30. The third-order valence-electron chi connectivity index (χ3n) is 6.84. The Morgan fingerprint density at radius 3 is 2.89 bits per heavy atom. The lowest BCUT2D eigenvalue weighted by Gasteiger charge is -2.36. The first-order chi connectivity index (χ1) is 18.1. The van der Waals surface area contributed by atoms with Crippen LogP contribution in [0, 0.1) is 11.8 Å². The van der Waals surface area contributed by atoms with Gasteiger partial charge in [0.1, 0.15) is 30.0 Å². The Morgan fingerprint density at radius 2 is 2.00 bits per heavy atom. The van der Waals surface area contributed by atoms with Crippen molar-refractivity contribution in [3.8, 4) is 11.4 Å². The van der Waals surface area contributed by atoms with E-state index < -0.39 is 11.8 Å². The van der Waals surface area contributed by atoms with Gasteiger partial charge in [-0.15, -0.1) is 0 Å². The van der Waals surface area contributed by atoms with Crippen molar-refractivity contribution in [2.75, 3.05) is 29.9 Å². The van der Waals surface area contributed by atoms with Crippen LogP contribution in [0.3, 0.4) is 0 Å². The minimum Gasteiger partial charge on any atom is -0.492 e. The van der Waals surface area contributed by atoms with E-state index >= 15 is 0 Å². The molecule has 0 aromatic carbocycles. The van der Waals surface area contributed by atoms with Crippen LogP contribution in [-0.4, -0.2) is 50.7 Å². The lowest BCUT2D eigenvalue weighted by atomic mass is 10.1. The normalized spacial score (nSPS) is 18.7. The van der Waals surface area contributed by atoms with Crippen LogP contribution in [0.25, 0.3) is 22.3 Å². The van der Waals surface area contributed by atoms with E-state index in [1.165, 1.54) is 5.56 Å². The van der Waals surface area contributed by atoms with Crippen molar-refractivity contribution in [2.24, 2.45) is 0 Å². The summed E-state index contributed by atoms with van der Waals surface area (Å²) in [5.41, 5.74) is 2.60. The van der Waals surface area contributed by atoms with E-state index in [2.05, 4.69) is 30.5 Å². The van der Waals surface area contributed by atoms with Gasteiger partial charge >= 0.3 is 0 Å². The Balaban J connectivity index is 1.34. The number of fused-ring (bicyclic) bond motifs is 2. The van der Waals surface area contributed by atoms with E-state index in [0.29, 0.717) is 36.3 Å². The van der Waals surface area contributed by atoms with E-state index in [-0.39, 0.29) is 11.9 Å². The second-order valence-corrected chi connectivity index (χ2v) is 9.30. The summed E-state index contributed by atoms with van der Waals surface area (Å²) in [4.78, 5) is 24.5. The van der Waals surface area contributed by atoms with Crippen molar-refractivity contribution in [1.82, 2.24) is 30.2 Å². The fraction of sp³-hybridized carbons (Fsp3) is 0.269. The lowest BCUT2D eigenvalue weighted by molar-refractivity contribution is 0.174. The molecule has 4 aromatic rings. The summed E-state index contributed by atoms with van der Waals surface area (Å²) in [6, 6.07) is 5.49. The van der Waals surface area contributed by atoms with Crippen LogP contribution in [0.2, 0.25) is 0 Å². The highest BCUT2D eigenvalue weighted by molar-refractivity contribution is 5.94. The summed E-state index contributed by atoms with van der Waals surface area (Å²) in [5, 5.41) is 7.06. The number of aromatic nitrogens is 5. The van der Waals surface area contributed by atoms with Gasteiger partial charge in [-0.1, -0.05) is 0 Å². The van der Waals surface area contributed by atoms with Crippen LogP contribution in [0.15, 0.2) is 54.8 Å². The Morgan fingerprint density at radius 1 is 1.08 bits per heavy atom. The minimum absolute atomic E-state index is 0.0385. The molecule has 2 aliphatic heterocycles. The van der Waals surface area contributed by atoms with Gasteiger partial charge in [-0.05, 0) is 48.6 Å². The predicted molar refractivity (Wildman–Crippen MR) is 133 cm³/mol. The van der Waals surface area contributed by atoms with Crippen molar-refractivity contribution < 1.29 is 13.5 Å². The van der Waals surface area contributed by atoms with Crippen LogP contribution in [0.4, 0.5) is 26.2 Å². The Labute approximate surface area is 210 Å². The van der Waals surface area contributed by atoms with Crippen LogP contribution in [0.1, 0.15) is 24.3 Å². The molecule has 186 valence electrons. The highest BCUT2D eigenvalue weighted by atomic mass is 19.1. The molecule has 4 aromatic heterocycles. The molecule has 9 nitrogen and oxygen atoms in total. The van der Waals surface area contributed by atoms with Crippen LogP contribution < -0.4 is 15.5 Å². The summed E-state index contributed by atoms with van der Waals surface area (Å²) < 4.78 is 33.6. The number of ether oxygens (including phenoxy) is 1. The summed E-state index contributed by atoms with van der Waals surface area (Å²) >= 11 is 0. The molecule has 0 amide bonds. The third kappa shape index (κ3) is 3.96. The third-order valence-corrected chi connectivity index (χ3v) is 6.84. The molecule has 0 radical (unpaired) electrons. The second kappa shape index (κ2) is 8.61. The lowest BCUT2D eigenvalue weighted by Crippen LogP contribution is -2.46. The standard InChI is InChI=1S/C26H22F2N8O/c27-17-3-4-21(28)33-25(17)34-22-9-15(5-6-31-22)24-32-18-11-29-10-16(14-1-2-14)23(18)26(35-24)36-7-8-37-20-13-30-12-19(20)36/h3-6,9-11,13-14,19,30H,1-2,7-8,12H2,(H,31,33,34). The number of nitrogens with one attached hydrogen (secondary N) is 2. The van der Waals surface area contributed by atoms with Crippen molar-refractivity contribution in [3.05, 3.63) is 72.1 Å². The van der Waals surface area contributed by atoms with E-state index in [1.54, 1.807) is 24.5 Å². The first-order valence-corrected chi connectivity index (χ1v) is 12.2. The summed E-state index contributed by atoms with van der Waals surface area (Å²) in [7, 11) is 0. The number of hydrogen-bond donors (Lipinski definition) is 2. The Bertz CT molecular complexity index is 1560. The van der Waals surface area contributed by atoms with E-state index in [4.69, 9.17) is 14.7 Å². The van der Waals surface area contributed by atoms with Gasteiger partial charge < -0.3 is 20.3 Å². The molecule has 1 unspecified atom stereocenters. The molecule has 6 heterocycles. The number of halogens is 2. The molecule has 7 rings (SSSR count). The molecule has 1 saturated carbocycles. The number of rotatable bonds is 5.